The van der Waals surface area contributed by atoms with Crippen LogP contribution in [0.2, 0.25) is 0 Å². The van der Waals surface area contributed by atoms with Gasteiger partial charge in [-0.15, -0.1) is 0 Å². The molecule has 2 N–H and O–H groups in total. The molecule has 0 spiro atoms. The van der Waals surface area contributed by atoms with E-state index in [0.29, 0.717) is 6.42 Å². The molecular formula is C11H19NO2. The number of carboxylic acid groups (broad SMARTS) is 1. The van der Waals surface area contributed by atoms with Gasteiger partial charge in [-0.25, -0.2) is 0 Å². The molecule has 0 aromatic heterocycles. The van der Waals surface area contributed by atoms with E-state index in [1.165, 1.54) is 0 Å². The van der Waals surface area contributed by atoms with Gasteiger partial charge in [0.1, 0.15) is 0 Å². The summed E-state index contributed by atoms with van der Waals surface area (Å²) in [6.07, 6.45) is 2.96. The second-order valence-electron chi connectivity index (χ2n) is 4.12. The third-order valence-corrected chi connectivity index (χ3v) is 3.10. The topological polar surface area (TPSA) is 49.3 Å². The molecule has 0 atom stereocenters. The number of carbonyl (C=O) groups is 1. The largest absolute Gasteiger partial charge is 0.481 e. The van der Waals surface area contributed by atoms with E-state index in [1.54, 1.807) is 0 Å². The molecule has 0 amide bonds. The Kier molecular flexibility index (Phi) is 3.69. The first kappa shape index (κ1) is 11.2. The van der Waals surface area contributed by atoms with Gasteiger partial charge in [0, 0.05) is 0 Å². The highest BCUT2D eigenvalue weighted by Crippen LogP contribution is 2.36. The lowest BCUT2D eigenvalue weighted by atomic mass is 9.74. The van der Waals surface area contributed by atoms with Crippen LogP contribution >= 0.6 is 0 Å². The summed E-state index contributed by atoms with van der Waals surface area (Å²) in [5.41, 5.74) is 0.507. The lowest BCUT2D eigenvalue weighted by Crippen LogP contribution is -2.42. The van der Waals surface area contributed by atoms with Crippen molar-refractivity contribution in [3.05, 3.63) is 12.2 Å². The van der Waals surface area contributed by atoms with Crippen molar-refractivity contribution in [3.63, 3.8) is 0 Å². The molecule has 0 saturated carbocycles. The highest BCUT2D eigenvalue weighted by Gasteiger charge is 2.39. The minimum atomic E-state index is -0.659. The van der Waals surface area contributed by atoms with Crippen molar-refractivity contribution < 1.29 is 9.90 Å². The highest BCUT2D eigenvalue weighted by molar-refractivity contribution is 5.75. The minimum absolute atomic E-state index is 0.543. The fourth-order valence-electron chi connectivity index (χ4n) is 1.98. The van der Waals surface area contributed by atoms with Crippen LogP contribution in [0.25, 0.3) is 0 Å². The Balaban J connectivity index is 2.70. The van der Waals surface area contributed by atoms with Crippen LogP contribution in [0.4, 0.5) is 0 Å². The van der Waals surface area contributed by atoms with Gasteiger partial charge < -0.3 is 10.4 Å². The number of nitrogens with one attached hydrogen (secondary N) is 1. The van der Waals surface area contributed by atoms with E-state index in [0.717, 1.165) is 37.9 Å². The molecule has 0 aromatic rings. The second kappa shape index (κ2) is 4.60. The third kappa shape index (κ3) is 2.35. The lowest BCUT2D eigenvalue weighted by molar-refractivity contribution is -0.150. The van der Waals surface area contributed by atoms with Gasteiger partial charge in [-0.1, -0.05) is 19.1 Å². The van der Waals surface area contributed by atoms with Crippen molar-refractivity contribution in [2.24, 2.45) is 5.41 Å². The van der Waals surface area contributed by atoms with E-state index in [4.69, 9.17) is 0 Å². The summed E-state index contributed by atoms with van der Waals surface area (Å²) in [6.45, 7) is 7.56. The molecule has 0 unspecified atom stereocenters. The fraction of sp³-hybridized carbons (Fsp3) is 0.727. The molecule has 1 aliphatic heterocycles. The Labute approximate surface area is 85.2 Å². The maximum atomic E-state index is 11.3. The van der Waals surface area contributed by atoms with Gasteiger partial charge in [0.2, 0.25) is 0 Å². The molecular weight excluding hydrogens is 178 g/mol. The van der Waals surface area contributed by atoms with Crippen LogP contribution in [-0.4, -0.2) is 24.2 Å². The first-order valence-electron chi connectivity index (χ1n) is 5.21. The van der Waals surface area contributed by atoms with Crippen LogP contribution in [0.1, 0.15) is 32.6 Å². The van der Waals surface area contributed by atoms with Gasteiger partial charge in [-0.2, -0.15) is 0 Å². The summed E-state index contributed by atoms with van der Waals surface area (Å²) < 4.78 is 0. The summed E-state index contributed by atoms with van der Waals surface area (Å²) >= 11 is 0. The summed E-state index contributed by atoms with van der Waals surface area (Å²) in [5.74, 6) is -0.659. The van der Waals surface area contributed by atoms with Gasteiger partial charge in [-0.05, 0) is 38.8 Å². The monoisotopic (exact) mass is 197 g/mol. The quantitative estimate of drug-likeness (QED) is 0.676. The lowest BCUT2D eigenvalue weighted by Gasteiger charge is -2.34. The zero-order valence-corrected chi connectivity index (χ0v) is 8.81. The Morgan fingerprint density at radius 3 is 2.50 bits per heavy atom. The average molecular weight is 197 g/mol. The standard InChI is InChI=1S/C11H19NO2/c1-3-9(2)8-11(10(13)14)4-6-12-7-5-11/h12H,2-8H2,1H3,(H,13,14). The third-order valence-electron chi connectivity index (χ3n) is 3.10. The number of rotatable bonds is 4. The van der Waals surface area contributed by atoms with Gasteiger partial charge >= 0.3 is 5.97 Å². The fourth-order valence-corrected chi connectivity index (χ4v) is 1.98. The Hall–Kier alpha value is -0.830. The maximum Gasteiger partial charge on any atom is 0.310 e. The zero-order chi connectivity index (χ0) is 10.6. The predicted molar refractivity (Wildman–Crippen MR) is 56.2 cm³/mol. The molecule has 14 heavy (non-hydrogen) atoms. The van der Waals surface area contributed by atoms with Gasteiger partial charge in [-0.3, -0.25) is 4.79 Å². The summed E-state index contributed by atoms with van der Waals surface area (Å²) in [4.78, 5) is 11.3. The predicted octanol–water partition coefficient (Wildman–Crippen LogP) is 1.80. The van der Waals surface area contributed by atoms with E-state index in [2.05, 4.69) is 11.9 Å². The molecule has 0 aliphatic carbocycles. The number of carboxylic acids is 1. The van der Waals surface area contributed by atoms with E-state index >= 15 is 0 Å². The van der Waals surface area contributed by atoms with Crippen LogP contribution < -0.4 is 5.32 Å². The Bertz CT molecular complexity index is 229. The van der Waals surface area contributed by atoms with Crippen molar-refractivity contribution in [2.45, 2.75) is 32.6 Å². The number of hydrogen-bond donors (Lipinski definition) is 2. The smallest absolute Gasteiger partial charge is 0.310 e. The molecule has 1 rings (SSSR count). The molecule has 3 nitrogen and oxygen atoms in total. The number of aliphatic carboxylic acids is 1. The van der Waals surface area contributed by atoms with Crippen LogP contribution in [0, 0.1) is 5.41 Å². The van der Waals surface area contributed by atoms with Gasteiger partial charge in [0.05, 0.1) is 5.41 Å². The van der Waals surface area contributed by atoms with E-state index in [-0.39, 0.29) is 0 Å². The Morgan fingerprint density at radius 1 is 1.50 bits per heavy atom. The van der Waals surface area contributed by atoms with E-state index < -0.39 is 11.4 Å². The first-order chi connectivity index (χ1) is 6.60. The van der Waals surface area contributed by atoms with Gasteiger partial charge in [0.25, 0.3) is 0 Å². The van der Waals surface area contributed by atoms with E-state index in [9.17, 15) is 9.90 Å². The molecule has 0 aromatic carbocycles. The van der Waals surface area contributed by atoms with Crippen LogP contribution in [0.5, 0.6) is 0 Å². The van der Waals surface area contributed by atoms with Crippen LogP contribution in [0.15, 0.2) is 12.2 Å². The normalized spacial score (nSPS) is 20.4. The van der Waals surface area contributed by atoms with Crippen LogP contribution in [-0.2, 0) is 4.79 Å². The number of hydrogen-bond acceptors (Lipinski definition) is 2. The summed E-state index contributed by atoms with van der Waals surface area (Å²) in [5, 5.41) is 12.5. The maximum absolute atomic E-state index is 11.3. The van der Waals surface area contributed by atoms with Crippen LogP contribution in [0.3, 0.4) is 0 Å². The molecule has 1 saturated heterocycles. The van der Waals surface area contributed by atoms with E-state index in [1.807, 2.05) is 6.92 Å². The zero-order valence-electron chi connectivity index (χ0n) is 8.81. The average Bonchev–Trinajstić information content (AvgIpc) is 2.19. The molecule has 1 fully saturated rings. The van der Waals surface area contributed by atoms with Gasteiger partial charge in [0.15, 0.2) is 0 Å². The number of allylic oxidation sites excluding steroid dienone is 1. The first-order valence-corrected chi connectivity index (χ1v) is 5.21. The molecule has 0 radical (unpaired) electrons. The highest BCUT2D eigenvalue weighted by atomic mass is 16.4. The van der Waals surface area contributed by atoms with Crippen molar-refractivity contribution >= 4 is 5.97 Å². The molecule has 1 aliphatic rings. The van der Waals surface area contributed by atoms with Crippen molar-refractivity contribution in [1.29, 1.82) is 0 Å². The van der Waals surface area contributed by atoms with Crippen molar-refractivity contribution in [2.75, 3.05) is 13.1 Å². The molecule has 80 valence electrons. The molecule has 0 bridgehead atoms. The number of piperidine rings is 1. The molecule has 3 heteroatoms. The SMILES string of the molecule is C=C(CC)CC1(C(=O)O)CCNCC1. The minimum Gasteiger partial charge on any atom is -0.481 e. The molecule has 1 heterocycles. The summed E-state index contributed by atoms with van der Waals surface area (Å²) in [6, 6.07) is 0. The second-order valence-corrected chi connectivity index (χ2v) is 4.12. The van der Waals surface area contributed by atoms with Crippen molar-refractivity contribution in [3.8, 4) is 0 Å². The summed E-state index contributed by atoms with van der Waals surface area (Å²) in [7, 11) is 0. The Morgan fingerprint density at radius 2 is 2.07 bits per heavy atom. The van der Waals surface area contributed by atoms with Crippen molar-refractivity contribution in [1.82, 2.24) is 5.32 Å².